The van der Waals surface area contributed by atoms with Crippen molar-refractivity contribution in [3.63, 3.8) is 0 Å². The number of H-pyrrole nitrogens is 1. The predicted molar refractivity (Wildman–Crippen MR) is 82.4 cm³/mol. The zero-order valence-corrected chi connectivity index (χ0v) is 13.1. The third kappa shape index (κ3) is 3.27. The second-order valence-electron chi connectivity index (χ2n) is 5.05. The number of aromatic nitrogens is 3. The van der Waals surface area contributed by atoms with Crippen LogP contribution in [-0.2, 0) is 0 Å². The fourth-order valence-corrected chi connectivity index (χ4v) is 2.39. The lowest BCUT2D eigenvalue weighted by Gasteiger charge is -2.10. The third-order valence-corrected chi connectivity index (χ3v) is 3.56. The molecule has 7 nitrogen and oxygen atoms in total. The van der Waals surface area contributed by atoms with Gasteiger partial charge >= 0.3 is 0 Å². The van der Waals surface area contributed by atoms with Crippen LogP contribution in [0.2, 0.25) is 0 Å². The molecule has 112 valence electrons. The predicted octanol–water partition coefficient (Wildman–Crippen LogP) is 1.80. The number of aromatic amines is 1. The minimum absolute atomic E-state index is 0.0953. The van der Waals surface area contributed by atoms with Gasteiger partial charge in [0.2, 0.25) is 0 Å². The Morgan fingerprint density at radius 3 is 2.48 bits per heavy atom. The van der Waals surface area contributed by atoms with Crippen LogP contribution in [0.1, 0.15) is 35.9 Å². The van der Waals surface area contributed by atoms with Gasteiger partial charge in [0.15, 0.2) is 0 Å². The first kappa shape index (κ1) is 15.2. The molecule has 2 aromatic heterocycles. The van der Waals surface area contributed by atoms with E-state index >= 15 is 0 Å². The van der Waals surface area contributed by atoms with E-state index < -0.39 is 5.56 Å². The summed E-state index contributed by atoms with van der Waals surface area (Å²) < 4.78 is 2.56. The first-order chi connectivity index (χ1) is 9.90. The lowest BCUT2D eigenvalue weighted by Crippen LogP contribution is -2.27. The van der Waals surface area contributed by atoms with E-state index in [4.69, 9.17) is 0 Å². The lowest BCUT2D eigenvalue weighted by molar-refractivity contribution is 0.0827. The topological polar surface area (TPSA) is 91.0 Å². The zero-order valence-electron chi connectivity index (χ0n) is 12.3. The van der Waals surface area contributed by atoms with Crippen molar-refractivity contribution < 1.29 is 4.79 Å². The molecule has 0 aliphatic rings. The highest BCUT2D eigenvalue weighted by Crippen LogP contribution is 2.22. The maximum absolute atomic E-state index is 12.0. The summed E-state index contributed by atoms with van der Waals surface area (Å²) in [5.41, 5.74) is 0.321. The Bertz CT molecular complexity index is 687. The van der Waals surface area contributed by atoms with Crippen molar-refractivity contribution >= 4 is 28.1 Å². The van der Waals surface area contributed by atoms with Crippen LogP contribution in [0.25, 0.3) is 0 Å². The molecule has 2 N–H and O–H groups in total. The van der Waals surface area contributed by atoms with Gasteiger partial charge < -0.3 is 10.2 Å². The van der Waals surface area contributed by atoms with E-state index in [1.165, 1.54) is 4.90 Å². The van der Waals surface area contributed by atoms with Gasteiger partial charge in [-0.25, -0.2) is 9.97 Å². The van der Waals surface area contributed by atoms with Crippen molar-refractivity contribution in [3.8, 4) is 0 Å². The second-order valence-corrected chi connectivity index (χ2v) is 5.86. The molecule has 0 radical (unpaired) electrons. The fourth-order valence-electron chi connectivity index (χ4n) is 1.64. The molecule has 0 fully saturated rings. The van der Waals surface area contributed by atoms with E-state index in [0.717, 1.165) is 17.4 Å². The van der Waals surface area contributed by atoms with Crippen LogP contribution in [0.4, 0.5) is 10.7 Å². The quantitative estimate of drug-likeness (QED) is 0.898. The number of carbonyl (C=O) groups excluding carboxylic acids is 1. The summed E-state index contributed by atoms with van der Waals surface area (Å²) in [7, 11) is 3.20. The lowest BCUT2D eigenvalue weighted by atomic mass is 10.2. The molecule has 0 aliphatic heterocycles. The van der Waals surface area contributed by atoms with Gasteiger partial charge in [0, 0.05) is 20.0 Å². The van der Waals surface area contributed by atoms with Crippen LogP contribution in [0.15, 0.2) is 17.2 Å². The highest BCUT2D eigenvalue weighted by atomic mass is 32.1. The number of anilines is 2. The molecular weight excluding hydrogens is 290 g/mol. The maximum Gasteiger partial charge on any atom is 0.273 e. The van der Waals surface area contributed by atoms with Gasteiger partial charge in [0.05, 0.1) is 18.1 Å². The van der Waals surface area contributed by atoms with Crippen molar-refractivity contribution in [2.75, 3.05) is 19.4 Å². The average Bonchev–Trinajstić information content (AvgIpc) is 2.79. The Morgan fingerprint density at radius 2 is 1.95 bits per heavy atom. The van der Waals surface area contributed by atoms with Crippen molar-refractivity contribution in [1.82, 2.24) is 19.2 Å². The summed E-state index contributed by atoms with van der Waals surface area (Å²) in [6.07, 6.45) is 3.27. The molecule has 0 saturated carbocycles. The molecular formula is C13H17N5O2S. The summed E-state index contributed by atoms with van der Waals surface area (Å²) in [6, 6.07) is 0. The van der Waals surface area contributed by atoms with E-state index in [1.54, 1.807) is 26.5 Å². The number of nitrogens with zero attached hydrogens (tertiary/aromatic N) is 3. The smallest absolute Gasteiger partial charge is 0.273 e. The average molecular weight is 307 g/mol. The van der Waals surface area contributed by atoms with Crippen LogP contribution in [0, 0.1) is 0 Å². The van der Waals surface area contributed by atoms with Crippen LogP contribution in [0.3, 0.4) is 0 Å². The number of hydrogen-bond donors (Lipinski definition) is 2. The Hall–Kier alpha value is -2.22. The summed E-state index contributed by atoms with van der Waals surface area (Å²) in [5, 5.41) is 3.47. The van der Waals surface area contributed by atoms with Gasteiger partial charge in [0.1, 0.15) is 16.4 Å². The molecule has 8 heteroatoms. The number of carbonyl (C=O) groups is 1. The molecule has 1 amide bonds. The van der Waals surface area contributed by atoms with Crippen molar-refractivity contribution in [2.45, 2.75) is 19.8 Å². The number of nitrogens with one attached hydrogen (secondary N) is 2. The van der Waals surface area contributed by atoms with Crippen LogP contribution < -0.4 is 10.9 Å². The Morgan fingerprint density at radius 1 is 1.33 bits per heavy atom. The fraction of sp³-hybridized carbons (Fsp3) is 0.385. The third-order valence-electron chi connectivity index (χ3n) is 2.77. The Kier molecular flexibility index (Phi) is 4.37. The SMILES string of the molecule is CC(C)c1ncc(Nc2s[nH]c(=O)c2C(=O)N(C)C)cn1. The van der Waals surface area contributed by atoms with Crippen molar-refractivity contribution in [3.05, 3.63) is 34.1 Å². The first-order valence-electron chi connectivity index (χ1n) is 6.42. The van der Waals surface area contributed by atoms with Crippen LogP contribution in [0.5, 0.6) is 0 Å². The number of hydrogen-bond acceptors (Lipinski definition) is 6. The van der Waals surface area contributed by atoms with Gasteiger partial charge in [-0.3, -0.25) is 14.0 Å². The molecule has 0 saturated heterocycles. The standard InChI is InChI=1S/C13H17N5O2S/c1-7(2)10-14-5-8(6-15-10)16-12-9(11(19)17-21-12)13(20)18(3)4/h5-7,16H,1-4H3,(H,17,19). The number of amides is 1. The Labute approximate surface area is 126 Å². The van der Waals surface area contributed by atoms with Crippen LogP contribution >= 0.6 is 11.5 Å². The highest BCUT2D eigenvalue weighted by molar-refractivity contribution is 7.10. The molecule has 2 heterocycles. The molecule has 21 heavy (non-hydrogen) atoms. The van der Waals surface area contributed by atoms with Crippen molar-refractivity contribution in [2.24, 2.45) is 0 Å². The van der Waals surface area contributed by atoms with Gasteiger partial charge in [-0.05, 0) is 11.5 Å². The van der Waals surface area contributed by atoms with Gasteiger partial charge in [-0.15, -0.1) is 0 Å². The van der Waals surface area contributed by atoms with E-state index in [2.05, 4.69) is 19.7 Å². The van der Waals surface area contributed by atoms with Gasteiger partial charge in [-0.2, -0.15) is 0 Å². The summed E-state index contributed by atoms with van der Waals surface area (Å²) in [5.74, 6) is 0.639. The van der Waals surface area contributed by atoms with Gasteiger partial charge in [-0.1, -0.05) is 13.8 Å². The largest absolute Gasteiger partial charge is 0.344 e. The Balaban J connectivity index is 2.28. The van der Waals surface area contributed by atoms with E-state index in [0.29, 0.717) is 10.7 Å². The molecule has 0 aromatic carbocycles. The molecule has 0 unspecified atom stereocenters. The minimum atomic E-state index is -0.402. The molecule has 0 spiro atoms. The maximum atomic E-state index is 12.0. The zero-order chi connectivity index (χ0) is 15.6. The van der Waals surface area contributed by atoms with E-state index in [1.807, 2.05) is 13.8 Å². The van der Waals surface area contributed by atoms with E-state index in [-0.39, 0.29) is 17.4 Å². The van der Waals surface area contributed by atoms with E-state index in [9.17, 15) is 9.59 Å². The van der Waals surface area contributed by atoms with Crippen molar-refractivity contribution in [1.29, 1.82) is 0 Å². The minimum Gasteiger partial charge on any atom is -0.344 e. The monoisotopic (exact) mass is 307 g/mol. The molecule has 2 rings (SSSR count). The molecule has 0 aliphatic carbocycles. The normalized spacial score (nSPS) is 10.7. The molecule has 2 aromatic rings. The first-order valence-corrected chi connectivity index (χ1v) is 7.24. The van der Waals surface area contributed by atoms with Crippen LogP contribution in [-0.4, -0.2) is 39.2 Å². The number of rotatable bonds is 4. The second kappa shape index (κ2) is 6.04. The highest BCUT2D eigenvalue weighted by Gasteiger charge is 2.20. The summed E-state index contributed by atoms with van der Waals surface area (Å²) in [4.78, 5) is 33.6. The van der Waals surface area contributed by atoms with Gasteiger partial charge in [0.25, 0.3) is 11.5 Å². The molecule has 0 atom stereocenters. The summed E-state index contributed by atoms with van der Waals surface area (Å²) >= 11 is 1.08. The molecule has 0 bridgehead atoms. The summed E-state index contributed by atoms with van der Waals surface area (Å²) in [6.45, 7) is 4.02.